The summed E-state index contributed by atoms with van der Waals surface area (Å²) in [5, 5.41) is 9.57. The second-order valence-corrected chi connectivity index (χ2v) is 6.39. The fourth-order valence-electron chi connectivity index (χ4n) is 3.26. The van der Waals surface area contributed by atoms with Crippen LogP contribution in [0.4, 0.5) is 10.3 Å². The third kappa shape index (κ3) is 3.13. The van der Waals surface area contributed by atoms with E-state index >= 15 is 0 Å². The number of aromatic nitrogens is 2. The topological polar surface area (TPSA) is 75.5 Å². The van der Waals surface area contributed by atoms with Gasteiger partial charge in [0, 0.05) is 13.1 Å². The first-order valence-electron chi connectivity index (χ1n) is 8.24. The zero-order chi connectivity index (χ0) is 17.3. The molecule has 24 heavy (non-hydrogen) atoms. The number of rotatable bonds is 3. The average molecular weight is 335 g/mol. The Morgan fingerprint density at radius 1 is 1.38 bits per heavy atom. The summed E-state index contributed by atoms with van der Waals surface area (Å²) in [6.07, 6.45) is 3.14. The van der Waals surface area contributed by atoms with Crippen molar-refractivity contribution in [3.05, 3.63) is 29.1 Å². The molecule has 1 aliphatic carbocycles. The third-order valence-electron chi connectivity index (χ3n) is 4.67. The second-order valence-electron chi connectivity index (χ2n) is 6.39. The highest BCUT2D eigenvalue weighted by Crippen LogP contribution is 2.36. The molecule has 1 N–H and O–H groups in total. The predicted molar refractivity (Wildman–Crippen MR) is 87.3 cm³/mol. The Balaban J connectivity index is 2.07. The summed E-state index contributed by atoms with van der Waals surface area (Å²) in [5.41, 5.74) is 0.651. The van der Waals surface area contributed by atoms with Gasteiger partial charge in [0.05, 0.1) is 30.5 Å². The van der Waals surface area contributed by atoms with Gasteiger partial charge in [-0.25, -0.2) is 19.2 Å². The van der Waals surface area contributed by atoms with E-state index in [4.69, 9.17) is 4.74 Å². The molecule has 0 bridgehead atoms. The molecule has 0 spiro atoms. The Kier molecular flexibility index (Phi) is 4.80. The lowest BCUT2D eigenvalue weighted by molar-refractivity contribution is 0.0692. The first-order chi connectivity index (χ1) is 11.5. The van der Waals surface area contributed by atoms with Gasteiger partial charge in [0.1, 0.15) is 11.7 Å². The number of carboxylic acids is 1. The van der Waals surface area contributed by atoms with Crippen molar-refractivity contribution in [1.82, 2.24) is 9.97 Å². The van der Waals surface area contributed by atoms with E-state index < -0.39 is 18.1 Å². The molecule has 1 fully saturated rings. The number of carboxylic acid groups (broad SMARTS) is 1. The molecule has 2 heterocycles. The number of hydrogen-bond acceptors (Lipinski definition) is 5. The molecular formula is C17H22FN3O3. The molecule has 130 valence electrons. The van der Waals surface area contributed by atoms with Gasteiger partial charge in [-0.05, 0) is 19.3 Å². The van der Waals surface area contributed by atoms with Crippen LogP contribution in [0, 0.1) is 12.8 Å². The summed E-state index contributed by atoms with van der Waals surface area (Å²) in [6.45, 7) is 5.90. The number of allylic oxidation sites excluding steroid dienone is 2. The maximum atomic E-state index is 14.7. The number of ether oxygens (including phenoxy) is 1. The number of morpholine rings is 1. The van der Waals surface area contributed by atoms with Gasteiger partial charge in [-0.1, -0.05) is 19.1 Å². The minimum absolute atomic E-state index is 0.0124. The van der Waals surface area contributed by atoms with Crippen molar-refractivity contribution in [2.24, 2.45) is 5.92 Å². The Labute approximate surface area is 140 Å². The van der Waals surface area contributed by atoms with E-state index in [-0.39, 0.29) is 17.2 Å². The quantitative estimate of drug-likeness (QED) is 0.855. The van der Waals surface area contributed by atoms with Crippen LogP contribution in [-0.4, -0.2) is 53.5 Å². The maximum absolute atomic E-state index is 14.7. The van der Waals surface area contributed by atoms with Crippen molar-refractivity contribution in [1.29, 1.82) is 0 Å². The molecular weight excluding hydrogens is 313 g/mol. The number of anilines is 1. The van der Waals surface area contributed by atoms with Crippen molar-refractivity contribution >= 4 is 11.9 Å². The van der Waals surface area contributed by atoms with E-state index in [2.05, 4.69) is 9.97 Å². The molecule has 3 rings (SSSR count). The molecule has 1 aromatic rings. The molecule has 1 aliphatic heterocycles. The first-order valence-corrected chi connectivity index (χ1v) is 8.24. The van der Waals surface area contributed by atoms with E-state index in [9.17, 15) is 14.3 Å². The summed E-state index contributed by atoms with van der Waals surface area (Å²) in [7, 11) is 0. The highest BCUT2D eigenvalue weighted by atomic mass is 19.1. The summed E-state index contributed by atoms with van der Waals surface area (Å²) < 4.78 is 20.1. The number of carbonyl (C=O) groups is 1. The van der Waals surface area contributed by atoms with Crippen LogP contribution in [-0.2, 0) is 4.74 Å². The van der Waals surface area contributed by atoms with Gasteiger partial charge in [0.15, 0.2) is 0 Å². The van der Waals surface area contributed by atoms with Crippen molar-refractivity contribution in [2.45, 2.75) is 32.4 Å². The van der Waals surface area contributed by atoms with Crippen molar-refractivity contribution in [3.63, 3.8) is 0 Å². The molecule has 2 aliphatic rings. The zero-order valence-corrected chi connectivity index (χ0v) is 13.9. The number of hydrogen-bond donors (Lipinski definition) is 1. The van der Waals surface area contributed by atoms with Gasteiger partial charge in [-0.15, -0.1) is 0 Å². The van der Waals surface area contributed by atoms with E-state index in [0.717, 1.165) is 0 Å². The van der Waals surface area contributed by atoms with Crippen LogP contribution in [0.1, 0.15) is 41.0 Å². The Morgan fingerprint density at radius 3 is 2.75 bits per heavy atom. The highest BCUT2D eigenvalue weighted by molar-refractivity contribution is 5.90. The van der Waals surface area contributed by atoms with Gasteiger partial charge in [-0.3, -0.25) is 0 Å². The van der Waals surface area contributed by atoms with Crippen LogP contribution in [0.5, 0.6) is 0 Å². The molecule has 1 saturated heterocycles. The highest BCUT2D eigenvalue weighted by Gasteiger charge is 2.34. The second kappa shape index (κ2) is 6.84. The fraction of sp³-hybridized carbons (Fsp3) is 0.588. The number of aromatic carboxylic acids is 1. The Morgan fingerprint density at radius 2 is 2.08 bits per heavy atom. The van der Waals surface area contributed by atoms with Crippen molar-refractivity contribution in [2.75, 3.05) is 31.2 Å². The lowest BCUT2D eigenvalue weighted by Gasteiger charge is -2.30. The van der Waals surface area contributed by atoms with Crippen LogP contribution in [0.15, 0.2) is 12.2 Å². The van der Waals surface area contributed by atoms with Crippen molar-refractivity contribution < 1.29 is 19.0 Å². The van der Waals surface area contributed by atoms with Crippen LogP contribution >= 0.6 is 0 Å². The Bertz CT molecular complexity index is 659. The van der Waals surface area contributed by atoms with E-state index in [1.54, 1.807) is 13.0 Å². The number of nitrogens with zero attached hydrogens (tertiary/aromatic N) is 3. The molecule has 1 aromatic heterocycles. The number of aryl methyl sites for hydroxylation is 1. The molecule has 0 amide bonds. The van der Waals surface area contributed by atoms with E-state index in [1.807, 2.05) is 17.9 Å². The van der Waals surface area contributed by atoms with Crippen LogP contribution in [0.3, 0.4) is 0 Å². The molecule has 6 nitrogen and oxygen atoms in total. The monoisotopic (exact) mass is 335 g/mol. The van der Waals surface area contributed by atoms with E-state index in [0.29, 0.717) is 44.4 Å². The largest absolute Gasteiger partial charge is 0.478 e. The zero-order valence-electron chi connectivity index (χ0n) is 13.9. The number of halogens is 1. The van der Waals surface area contributed by atoms with Crippen LogP contribution in [0.2, 0.25) is 0 Å². The minimum atomic E-state index is -1.15. The van der Waals surface area contributed by atoms with E-state index in [1.165, 1.54) is 0 Å². The van der Waals surface area contributed by atoms with Gasteiger partial charge in [0.25, 0.3) is 0 Å². The predicted octanol–water partition coefficient (Wildman–Crippen LogP) is 2.34. The molecule has 3 unspecified atom stereocenters. The van der Waals surface area contributed by atoms with Gasteiger partial charge in [-0.2, -0.15) is 0 Å². The Hall–Kier alpha value is -2.02. The minimum Gasteiger partial charge on any atom is -0.478 e. The smallest absolute Gasteiger partial charge is 0.339 e. The van der Waals surface area contributed by atoms with Gasteiger partial charge < -0.3 is 14.7 Å². The van der Waals surface area contributed by atoms with Gasteiger partial charge >= 0.3 is 5.97 Å². The summed E-state index contributed by atoms with van der Waals surface area (Å²) in [5.74, 6) is -1.48. The first kappa shape index (κ1) is 16.8. The summed E-state index contributed by atoms with van der Waals surface area (Å²) in [6, 6.07) is 0. The lowest BCUT2D eigenvalue weighted by atomic mass is 9.82. The fourth-order valence-corrected chi connectivity index (χ4v) is 3.26. The molecule has 0 aromatic carbocycles. The number of alkyl halides is 1. The molecule has 0 radical (unpaired) electrons. The maximum Gasteiger partial charge on any atom is 0.339 e. The lowest BCUT2D eigenvalue weighted by Crippen LogP contribution is -2.38. The molecule has 0 saturated carbocycles. The van der Waals surface area contributed by atoms with Gasteiger partial charge in [0.2, 0.25) is 5.95 Å². The van der Waals surface area contributed by atoms with Crippen molar-refractivity contribution in [3.8, 4) is 0 Å². The normalized spacial score (nSPS) is 27.3. The SMILES string of the molecule is Cc1nc(N2CCOCC2)nc(C2C=CCC(C)C2F)c1C(=O)O. The summed E-state index contributed by atoms with van der Waals surface area (Å²) in [4.78, 5) is 22.5. The average Bonchev–Trinajstić information content (AvgIpc) is 2.57. The third-order valence-corrected chi connectivity index (χ3v) is 4.67. The summed E-state index contributed by atoms with van der Waals surface area (Å²) >= 11 is 0. The molecule has 3 atom stereocenters. The van der Waals surface area contributed by atoms with Crippen LogP contribution in [0.25, 0.3) is 0 Å². The standard InChI is InChI=1S/C17H22FN3O3/c1-10-4-3-5-12(14(10)18)15-13(16(22)23)11(2)19-17(20-15)21-6-8-24-9-7-21/h3,5,10,12,14H,4,6-9H2,1-2H3,(H,22,23). The van der Waals surface area contributed by atoms with Crippen LogP contribution < -0.4 is 4.90 Å². The molecule has 7 heteroatoms.